The standard InChI is InChI=1S/C12H17NO2/c13-8-2-1-3-12(15)9-10-4-6-11(14)7-5-10/h4-7,14H,1-3,8-9,13H2. The van der Waals surface area contributed by atoms with Crippen molar-refractivity contribution in [2.75, 3.05) is 6.54 Å². The van der Waals surface area contributed by atoms with Crippen LogP contribution in [0, 0.1) is 0 Å². The molecule has 0 fully saturated rings. The van der Waals surface area contributed by atoms with Crippen molar-refractivity contribution in [2.24, 2.45) is 5.73 Å². The van der Waals surface area contributed by atoms with Crippen molar-refractivity contribution in [1.29, 1.82) is 0 Å². The molecule has 0 saturated carbocycles. The summed E-state index contributed by atoms with van der Waals surface area (Å²) < 4.78 is 0. The Hall–Kier alpha value is -1.35. The first-order valence-corrected chi connectivity index (χ1v) is 5.22. The minimum Gasteiger partial charge on any atom is -0.508 e. The Labute approximate surface area is 89.9 Å². The van der Waals surface area contributed by atoms with Crippen LogP contribution in [0.1, 0.15) is 24.8 Å². The van der Waals surface area contributed by atoms with Crippen LogP contribution in [0.5, 0.6) is 5.75 Å². The smallest absolute Gasteiger partial charge is 0.137 e. The summed E-state index contributed by atoms with van der Waals surface area (Å²) >= 11 is 0. The molecule has 0 amide bonds. The van der Waals surface area contributed by atoms with Gasteiger partial charge in [0.2, 0.25) is 0 Å². The molecular weight excluding hydrogens is 190 g/mol. The number of ketones is 1. The highest BCUT2D eigenvalue weighted by molar-refractivity contribution is 5.80. The molecule has 0 radical (unpaired) electrons. The fraction of sp³-hybridized carbons (Fsp3) is 0.417. The molecule has 0 aliphatic heterocycles. The molecule has 15 heavy (non-hydrogen) atoms. The number of Topliss-reactive ketones (excluding diaryl/α,β-unsaturated/α-hetero) is 1. The zero-order valence-electron chi connectivity index (χ0n) is 8.78. The first kappa shape index (κ1) is 11.7. The van der Waals surface area contributed by atoms with Crippen LogP contribution in [0.4, 0.5) is 0 Å². The van der Waals surface area contributed by atoms with Crippen LogP contribution in [-0.2, 0) is 11.2 Å². The second kappa shape index (κ2) is 6.19. The van der Waals surface area contributed by atoms with E-state index in [-0.39, 0.29) is 11.5 Å². The molecule has 0 aliphatic carbocycles. The number of hydrogen-bond acceptors (Lipinski definition) is 3. The van der Waals surface area contributed by atoms with E-state index in [0.717, 1.165) is 18.4 Å². The summed E-state index contributed by atoms with van der Waals surface area (Å²) in [5, 5.41) is 9.07. The predicted molar refractivity (Wildman–Crippen MR) is 59.7 cm³/mol. The highest BCUT2D eigenvalue weighted by Gasteiger charge is 2.03. The number of unbranched alkanes of at least 4 members (excludes halogenated alkanes) is 1. The third kappa shape index (κ3) is 4.61. The van der Waals surface area contributed by atoms with Gasteiger partial charge in [-0.1, -0.05) is 12.1 Å². The number of carbonyl (C=O) groups is 1. The van der Waals surface area contributed by atoms with Crippen molar-refractivity contribution < 1.29 is 9.90 Å². The van der Waals surface area contributed by atoms with E-state index in [4.69, 9.17) is 10.8 Å². The molecule has 0 saturated heterocycles. The first-order valence-electron chi connectivity index (χ1n) is 5.22. The van der Waals surface area contributed by atoms with Gasteiger partial charge in [-0.25, -0.2) is 0 Å². The Morgan fingerprint density at radius 3 is 2.47 bits per heavy atom. The number of rotatable bonds is 6. The van der Waals surface area contributed by atoms with E-state index < -0.39 is 0 Å². The summed E-state index contributed by atoms with van der Waals surface area (Å²) in [6.07, 6.45) is 2.82. The Bertz CT molecular complexity index is 306. The summed E-state index contributed by atoms with van der Waals surface area (Å²) in [6, 6.07) is 6.75. The minimum atomic E-state index is 0.231. The Morgan fingerprint density at radius 1 is 1.20 bits per heavy atom. The van der Waals surface area contributed by atoms with E-state index in [1.54, 1.807) is 24.3 Å². The fourth-order valence-electron chi connectivity index (χ4n) is 1.40. The van der Waals surface area contributed by atoms with E-state index in [1.807, 2.05) is 0 Å². The summed E-state index contributed by atoms with van der Waals surface area (Å²) in [5.41, 5.74) is 6.29. The van der Waals surface area contributed by atoms with Gasteiger partial charge in [-0.05, 0) is 37.1 Å². The van der Waals surface area contributed by atoms with Crippen LogP contribution in [-0.4, -0.2) is 17.4 Å². The van der Waals surface area contributed by atoms with Gasteiger partial charge in [0.1, 0.15) is 11.5 Å². The van der Waals surface area contributed by atoms with E-state index in [2.05, 4.69) is 0 Å². The van der Waals surface area contributed by atoms with E-state index in [0.29, 0.717) is 19.4 Å². The average Bonchev–Trinajstić information content (AvgIpc) is 2.22. The normalized spacial score (nSPS) is 10.2. The zero-order valence-corrected chi connectivity index (χ0v) is 8.78. The lowest BCUT2D eigenvalue weighted by Gasteiger charge is -2.01. The van der Waals surface area contributed by atoms with E-state index in [9.17, 15) is 4.79 Å². The minimum absolute atomic E-state index is 0.231. The van der Waals surface area contributed by atoms with Crippen molar-refractivity contribution in [3.63, 3.8) is 0 Å². The van der Waals surface area contributed by atoms with Crippen LogP contribution in [0.25, 0.3) is 0 Å². The van der Waals surface area contributed by atoms with Crippen LogP contribution in [0.2, 0.25) is 0 Å². The largest absolute Gasteiger partial charge is 0.508 e. The summed E-state index contributed by atoms with van der Waals surface area (Å²) in [6.45, 7) is 0.645. The van der Waals surface area contributed by atoms with Gasteiger partial charge in [0.15, 0.2) is 0 Å². The maximum atomic E-state index is 11.5. The number of carbonyl (C=O) groups excluding carboxylic acids is 1. The zero-order chi connectivity index (χ0) is 11.1. The van der Waals surface area contributed by atoms with Crippen molar-refractivity contribution in [3.05, 3.63) is 29.8 Å². The molecule has 1 aromatic carbocycles. The van der Waals surface area contributed by atoms with E-state index >= 15 is 0 Å². The van der Waals surface area contributed by atoms with Crippen molar-refractivity contribution in [3.8, 4) is 5.75 Å². The molecule has 0 spiro atoms. The van der Waals surface area contributed by atoms with Crippen LogP contribution in [0.15, 0.2) is 24.3 Å². The predicted octanol–water partition coefficient (Wildman–Crippen LogP) is 1.63. The Balaban J connectivity index is 2.34. The third-order valence-electron chi connectivity index (χ3n) is 2.25. The number of phenolic OH excluding ortho intramolecular Hbond substituents is 1. The molecule has 0 aromatic heterocycles. The number of nitrogens with two attached hydrogens (primary N) is 1. The quantitative estimate of drug-likeness (QED) is 0.697. The monoisotopic (exact) mass is 207 g/mol. The highest BCUT2D eigenvalue weighted by atomic mass is 16.3. The molecule has 3 N–H and O–H groups in total. The maximum Gasteiger partial charge on any atom is 0.137 e. The van der Waals surface area contributed by atoms with Crippen LogP contribution >= 0.6 is 0 Å². The summed E-state index contributed by atoms with van der Waals surface area (Å²) in [7, 11) is 0. The Morgan fingerprint density at radius 2 is 1.87 bits per heavy atom. The number of aromatic hydroxyl groups is 1. The fourth-order valence-corrected chi connectivity index (χ4v) is 1.40. The Kier molecular flexibility index (Phi) is 4.84. The molecule has 0 heterocycles. The summed E-state index contributed by atoms with van der Waals surface area (Å²) in [4.78, 5) is 11.5. The molecule has 3 nitrogen and oxygen atoms in total. The second-order valence-corrected chi connectivity index (χ2v) is 3.63. The van der Waals surface area contributed by atoms with Gasteiger partial charge in [0.25, 0.3) is 0 Å². The number of phenols is 1. The second-order valence-electron chi connectivity index (χ2n) is 3.63. The first-order chi connectivity index (χ1) is 7.22. The van der Waals surface area contributed by atoms with Gasteiger partial charge in [-0.2, -0.15) is 0 Å². The summed E-state index contributed by atoms with van der Waals surface area (Å²) in [5.74, 6) is 0.462. The van der Waals surface area contributed by atoms with Crippen LogP contribution in [0.3, 0.4) is 0 Å². The van der Waals surface area contributed by atoms with Gasteiger partial charge in [-0.15, -0.1) is 0 Å². The SMILES string of the molecule is NCCCCC(=O)Cc1ccc(O)cc1. The highest BCUT2D eigenvalue weighted by Crippen LogP contribution is 2.11. The number of hydrogen-bond donors (Lipinski definition) is 2. The van der Waals surface area contributed by atoms with Gasteiger partial charge in [-0.3, -0.25) is 4.79 Å². The molecule has 82 valence electrons. The van der Waals surface area contributed by atoms with E-state index in [1.165, 1.54) is 0 Å². The van der Waals surface area contributed by atoms with Gasteiger partial charge in [0.05, 0.1) is 0 Å². The van der Waals surface area contributed by atoms with Gasteiger partial charge < -0.3 is 10.8 Å². The molecule has 0 aliphatic rings. The van der Waals surface area contributed by atoms with Crippen LogP contribution < -0.4 is 5.73 Å². The molecule has 0 atom stereocenters. The molecular formula is C12H17NO2. The van der Waals surface area contributed by atoms with Gasteiger partial charge in [0, 0.05) is 12.8 Å². The lowest BCUT2D eigenvalue weighted by Crippen LogP contribution is -2.04. The lowest BCUT2D eigenvalue weighted by molar-refractivity contribution is -0.118. The lowest BCUT2D eigenvalue weighted by atomic mass is 10.0. The average molecular weight is 207 g/mol. The van der Waals surface area contributed by atoms with Gasteiger partial charge >= 0.3 is 0 Å². The molecule has 3 heteroatoms. The molecule has 0 bridgehead atoms. The third-order valence-corrected chi connectivity index (χ3v) is 2.25. The maximum absolute atomic E-state index is 11.5. The van der Waals surface area contributed by atoms with Crippen molar-refractivity contribution in [2.45, 2.75) is 25.7 Å². The van der Waals surface area contributed by atoms with Crippen molar-refractivity contribution >= 4 is 5.78 Å². The van der Waals surface area contributed by atoms with Crippen molar-refractivity contribution in [1.82, 2.24) is 0 Å². The molecule has 0 unspecified atom stereocenters. The molecule has 1 rings (SSSR count). The number of benzene rings is 1. The molecule has 1 aromatic rings. The topological polar surface area (TPSA) is 63.3 Å².